The van der Waals surface area contributed by atoms with E-state index in [2.05, 4.69) is 4.74 Å². The van der Waals surface area contributed by atoms with E-state index in [1.165, 1.54) is 7.11 Å². The molecule has 1 aromatic heterocycles. The van der Waals surface area contributed by atoms with Gasteiger partial charge < -0.3 is 10.5 Å². The predicted molar refractivity (Wildman–Crippen MR) is 57.3 cm³/mol. The monoisotopic (exact) mass is 213 g/mol. The van der Waals surface area contributed by atoms with Gasteiger partial charge in [-0.25, -0.2) is 4.79 Å². The maximum Gasteiger partial charge on any atom is 0.330 e. The Balaban J connectivity index is 3.15. The van der Waals surface area contributed by atoms with E-state index in [4.69, 9.17) is 5.73 Å². The molecule has 1 aromatic rings. The lowest BCUT2D eigenvalue weighted by Crippen LogP contribution is -2.42. The molecule has 0 spiro atoms. The fourth-order valence-corrected chi connectivity index (χ4v) is 2.51. The molecule has 0 radical (unpaired) electrons. The van der Waals surface area contributed by atoms with Crippen LogP contribution in [0.3, 0.4) is 0 Å². The van der Waals surface area contributed by atoms with Crippen molar-refractivity contribution < 1.29 is 9.53 Å². The van der Waals surface area contributed by atoms with Gasteiger partial charge in [0.05, 0.1) is 7.11 Å². The normalized spacial score (nSPS) is 14.9. The van der Waals surface area contributed by atoms with Crippen LogP contribution in [0.1, 0.15) is 22.2 Å². The molecule has 0 amide bonds. The van der Waals surface area contributed by atoms with Crippen molar-refractivity contribution in [3.8, 4) is 0 Å². The van der Waals surface area contributed by atoms with Crippen LogP contribution in [0.25, 0.3) is 0 Å². The highest BCUT2D eigenvalue weighted by atomic mass is 32.1. The zero-order valence-corrected chi connectivity index (χ0v) is 9.70. The summed E-state index contributed by atoms with van der Waals surface area (Å²) in [6.45, 7) is 5.63. The van der Waals surface area contributed by atoms with Crippen molar-refractivity contribution in [1.29, 1.82) is 0 Å². The zero-order chi connectivity index (χ0) is 10.9. The first-order chi connectivity index (χ1) is 6.39. The van der Waals surface area contributed by atoms with Gasteiger partial charge in [0.1, 0.15) is 5.54 Å². The highest BCUT2D eigenvalue weighted by Gasteiger charge is 2.33. The molecule has 1 unspecified atom stereocenters. The highest BCUT2D eigenvalue weighted by Crippen LogP contribution is 2.29. The van der Waals surface area contributed by atoms with Gasteiger partial charge in [-0.05, 0) is 32.4 Å². The Morgan fingerprint density at radius 2 is 2.14 bits per heavy atom. The van der Waals surface area contributed by atoms with E-state index >= 15 is 0 Å². The lowest BCUT2D eigenvalue weighted by molar-refractivity contribution is -0.146. The number of ether oxygens (including phenoxy) is 1. The van der Waals surface area contributed by atoms with Gasteiger partial charge in [-0.15, -0.1) is 11.3 Å². The van der Waals surface area contributed by atoms with Crippen LogP contribution in [0.5, 0.6) is 0 Å². The SMILES string of the molecule is COC(=O)C(C)(N)c1cc(C)sc1C. The third-order valence-electron chi connectivity index (χ3n) is 2.21. The van der Waals surface area contributed by atoms with Crippen molar-refractivity contribution in [3.63, 3.8) is 0 Å². The van der Waals surface area contributed by atoms with E-state index in [1.54, 1.807) is 18.3 Å². The number of methoxy groups -OCH3 is 1. The Labute approximate surface area is 87.9 Å². The Morgan fingerprint density at radius 3 is 2.50 bits per heavy atom. The average Bonchev–Trinajstić information content (AvgIpc) is 2.44. The van der Waals surface area contributed by atoms with Crippen molar-refractivity contribution in [2.75, 3.05) is 7.11 Å². The molecular weight excluding hydrogens is 198 g/mol. The standard InChI is InChI=1S/C10H15NO2S/c1-6-5-8(7(2)14-6)10(3,11)9(12)13-4/h5H,11H2,1-4H3. The van der Waals surface area contributed by atoms with E-state index < -0.39 is 11.5 Å². The number of rotatable bonds is 2. The summed E-state index contributed by atoms with van der Waals surface area (Å²) in [5.41, 5.74) is 5.75. The molecule has 0 saturated carbocycles. The number of hydrogen-bond acceptors (Lipinski definition) is 4. The first-order valence-electron chi connectivity index (χ1n) is 4.34. The second-order valence-corrected chi connectivity index (χ2v) is 4.98. The molecule has 0 fully saturated rings. The molecular formula is C10H15NO2S. The minimum absolute atomic E-state index is 0.404. The third-order valence-corrected chi connectivity index (χ3v) is 3.18. The summed E-state index contributed by atoms with van der Waals surface area (Å²) in [5, 5.41) is 0. The summed E-state index contributed by atoms with van der Waals surface area (Å²) in [4.78, 5) is 13.7. The van der Waals surface area contributed by atoms with Crippen LogP contribution in [0.4, 0.5) is 0 Å². The minimum Gasteiger partial charge on any atom is -0.467 e. The average molecular weight is 213 g/mol. The molecule has 1 atom stereocenters. The van der Waals surface area contributed by atoms with Gasteiger partial charge in [0, 0.05) is 9.75 Å². The lowest BCUT2D eigenvalue weighted by Gasteiger charge is -2.21. The maximum absolute atomic E-state index is 11.5. The molecule has 0 aromatic carbocycles. The van der Waals surface area contributed by atoms with Gasteiger partial charge in [0.15, 0.2) is 0 Å². The van der Waals surface area contributed by atoms with Gasteiger partial charge >= 0.3 is 5.97 Å². The predicted octanol–water partition coefficient (Wildman–Crippen LogP) is 1.71. The maximum atomic E-state index is 11.5. The first kappa shape index (κ1) is 11.2. The number of carbonyl (C=O) groups is 1. The Kier molecular flexibility index (Phi) is 2.97. The summed E-state index contributed by atoms with van der Waals surface area (Å²) in [5.74, 6) is -0.404. The molecule has 2 N–H and O–H groups in total. The number of hydrogen-bond donors (Lipinski definition) is 1. The molecule has 0 aliphatic rings. The molecule has 0 aliphatic carbocycles. The summed E-state index contributed by atoms with van der Waals surface area (Å²) in [6, 6.07) is 1.94. The summed E-state index contributed by atoms with van der Waals surface area (Å²) in [7, 11) is 1.35. The Bertz CT molecular complexity index is 355. The van der Waals surface area contributed by atoms with E-state index in [0.29, 0.717) is 0 Å². The minimum atomic E-state index is -1.04. The van der Waals surface area contributed by atoms with E-state index in [9.17, 15) is 4.79 Å². The molecule has 0 aliphatic heterocycles. The second kappa shape index (κ2) is 3.71. The summed E-state index contributed by atoms with van der Waals surface area (Å²) < 4.78 is 4.67. The summed E-state index contributed by atoms with van der Waals surface area (Å²) >= 11 is 1.64. The van der Waals surface area contributed by atoms with Crippen molar-refractivity contribution in [2.24, 2.45) is 5.73 Å². The summed E-state index contributed by atoms with van der Waals surface area (Å²) in [6.07, 6.45) is 0. The first-order valence-corrected chi connectivity index (χ1v) is 5.16. The lowest BCUT2D eigenvalue weighted by atomic mass is 9.94. The molecule has 3 nitrogen and oxygen atoms in total. The molecule has 14 heavy (non-hydrogen) atoms. The molecule has 4 heteroatoms. The van der Waals surface area contributed by atoms with Gasteiger partial charge in [0.25, 0.3) is 0 Å². The fourth-order valence-electron chi connectivity index (χ4n) is 1.47. The highest BCUT2D eigenvalue weighted by molar-refractivity contribution is 7.12. The number of aryl methyl sites for hydroxylation is 2. The van der Waals surface area contributed by atoms with Crippen LogP contribution >= 0.6 is 11.3 Å². The molecule has 1 rings (SSSR count). The van der Waals surface area contributed by atoms with Crippen molar-refractivity contribution in [3.05, 3.63) is 21.4 Å². The quantitative estimate of drug-likeness (QED) is 0.761. The number of nitrogens with two attached hydrogens (primary N) is 1. The topological polar surface area (TPSA) is 52.3 Å². The van der Waals surface area contributed by atoms with E-state index in [1.807, 2.05) is 19.9 Å². The van der Waals surface area contributed by atoms with Crippen LogP contribution in [0.2, 0.25) is 0 Å². The van der Waals surface area contributed by atoms with Crippen LogP contribution in [-0.4, -0.2) is 13.1 Å². The van der Waals surface area contributed by atoms with Crippen LogP contribution in [0, 0.1) is 13.8 Å². The number of esters is 1. The van der Waals surface area contributed by atoms with Gasteiger partial charge in [-0.1, -0.05) is 0 Å². The van der Waals surface area contributed by atoms with Crippen LogP contribution in [-0.2, 0) is 15.1 Å². The van der Waals surface area contributed by atoms with Crippen LogP contribution < -0.4 is 5.73 Å². The number of thiophene rings is 1. The van der Waals surface area contributed by atoms with E-state index in [0.717, 1.165) is 15.3 Å². The van der Waals surface area contributed by atoms with Crippen molar-refractivity contribution in [2.45, 2.75) is 26.3 Å². The fraction of sp³-hybridized carbons (Fsp3) is 0.500. The van der Waals surface area contributed by atoms with Crippen molar-refractivity contribution in [1.82, 2.24) is 0 Å². The number of carbonyl (C=O) groups excluding carboxylic acids is 1. The molecule has 0 bridgehead atoms. The van der Waals surface area contributed by atoms with Gasteiger partial charge in [0.2, 0.25) is 0 Å². The Hall–Kier alpha value is -0.870. The van der Waals surface area contributed by atoms with E-state index in [-0.39, 0.29) is 0 Å². The molecule has 0 saturated heterocycles. The molecule has 78 valence electrons. The smallest absolute Gasteiger partial charge is 0.330 e. The van der Waals surface area contributed by atoms with Crippen LogP contribution in [0.15, 0.2) is 6.07 Å². The van der Waals surface area contributed by atoms with Gasteiger partial charge in [-0.3, -0.25) is 0 Å². The largest absolute Gasteiger partial charge is 0.467 e. The second-order valence-electron chi connectivity index (χ2n) is 3.52. The third kappa shape index (κ3) is 1.81. The Morgan fingerprint density at radius 1 is 1.57 bits per heavy atom. The van der Waals surface area contributed by atoms with Crippen molar-refractivity contribution >= 4 is 17.3 Å². The zero-order valence-electron chi connectivity index (χ0n) is 8.88. The van der Waals surface area contributed by atoms with Gasteiger partial charge in [-0.2, -0.15) is 0 Å². The molecule has 1 heterocycles.